The van der Waals surface area contributed by atoms with Crippen LogP contribution in [0.3, 0.4) is 0 Å². The molecule has 0 bridgehead atoms. The van der Waals surface area contributed by atoms with Crippen LogP contribution in [-0.2, 0) is 16.1 Å². The van der Waals surface area contributed by atoms with Gasteiger partial charge in [0.25, 0.3) is 5.91 Å². The monoisotopic (exact) mass is 303 g/mol. The molecule has 22 heavy (non-hydrogen) atoms. The van der Waals surface area contributed by atoms with E-state index in [0.29, 0.717) is 18.8 Å². The number of carbonyl (C=O) groups excluding carboxylic acids is 1. The maximum Gasteiger partial charge on any atom is 0.256 e. The Labute approximate surface area is 128 Å². The van der Waals surface area contributed by atoms with Gasteiger partial charge in [0.2, 0.25) is 0 Å². The number of nitrogens with one attached hydrogen (secondary N) is 1. The molecular weight excluding hydrogens is 285 g/mol. The molecule has 5 nitrogen and oxygen atoms in total. The average molecular weight is 303 g/mol. The molecular formula is C16H18FN3O2. The molecule has 1 aromatic heterocycles. The molecule has 116 valence electrons. The van der Waals surface area contributed by atoms with E-state index in [4.69, 9.17) is 4.74 Å². The summed E-state index contributed by atoms with van der Waals surface area (Å²) in [4.78, 5) is 12.2. The van der Waals surface area contributed by atoms with Gasteiger partial charge >= 0.3 is 0 Å². The van der Waals surface area contributed by atoms with Crippen molar-refractivity contribution in [3.63, 3.8) is 0 Å². The van der Waals surface area contributed by atoms with Gasteiger partial charge in [0.05, 0.1) is 18.4 Å². The van der Waals surface area contributed by atoms with Crippen molar-refractivity contribution in [1.82, 2.24) is 9.78 Å². The molecule has 0 unspecified atom stereocenters. The lowest BCUT2D eigenvalue weighted by Gasteiger charge is -2.21. The third kappa shape index (κ3) is 3.17. The number of hydrogen-bond donors (Lipinski definition) is 1. The summed E-state index contributed by atoms with van der Waals surface area (Å²) in [5, 5.41) is 7.04. The van der Waals surface area contributed by atoms with Crippen molar-refractivity contribution in [3.05, 3.63) is 48.0 Å². The minimum Gasteiger partial charge on any atom is -0.365 e. The predicted molar refractivity (Wildman–Crippen MR) is 79.9 cm³/mol. The van der Waals surface area contributed by atoms with Gasteiger partial charge in [-0.25, -0.2) is 4.39 Å². The van der Waals surface area contributed by atoms with E-state index in [0.717, 1.165) is 18.4 Å². The van der Waals surface area contributed by atoms with E-state index in [9.17, 15) is 9.18 Å². The predicted octanol–water partition coefficient (Wildman–Crippen LogP) is 2.58. The minimum atomic E-state index is -0.751. The molecule has 1 N–H and O–H groups in total. The van der Waals surface area contributed by atoms with Gasteiger partial charge in [-0.2, -0.15) is 5.10 Å². The SMILES string of the molecule is C[C@@]1(C(=O)Nc2cnn(Cc3ccc(F)cc3)c2)CCCO1. The number of hydrogen-bond acceptors (Lipinski definition) is 3. The van der Waals surface area contributed by atoms with Gasteiger partial charge < -0.3 is 10.1 Å². The fourth-order valence-electron chi connectivity index (χ4n) is 2.51. The lowest BCUT2D eigenvalue weighted by atomic mass is 10.0. The summed E-state index contributed by atoms with van der Waals surface area (Å²) >= 11 is 0. The molecule has 3 rings (SSSR count). The Kier molecular flexibility index (Phi) is 3.94. The molecule has 0 spiro atoms. The Hall–Kier alpha value is -2.21. The Morgan fingerprint density at radius 1 is 1.45 bits per heavy atom. The van der Waals surface area contributed by atoms with Crippen LogP contribution in [0.1, 0.15) is 25.3 Å². The summed E-state index contributed by atoms with van der Waals surface area (Å²) in [5.41, 5.74) is 0.816. The standard InChI is InChI=1S/C16H18FN3O2/c1-16(7-2-8-22-16)15(21)19-14-9-18-20(11-14)10-12-3-5-13(17)6-4-12/h3-6,9,11H,2,7-8,10H2,1H3,(H,19,21)/t16-/m0/s1. The number of anilines is 1. The van der Waals surface area contributed by atoms with Crippen LogP contribution in [0.4, 0.5) is 10.1 Å². The van der Waals surface area contributed by atoms with Crippen LogP contribution in [-0.4, -0.2) is 27.9 Å². The first kappa shape index (κ1) is 14.7. The molecule has 1 fully saturated rings. The van der Waals surface area contributed by atoms with Crippen LogP contribution in [0.15, 0.2) is 36.7 Å². The van der Waals surface area contributed by atoms with Crippen LogP contribution >= 0.6 is 0 Å². The lowest BCUT2D eigenvalue weighted by Crippen LogP contribution is -2.39. The zero-order valence-corrected chi connectivity index (χ0v) is 12.4. The molecule has 1 atom stereocenters. The Morgan fingerprint density at radius 2 is 2.23 bits per heavy atom. The van der Waals surface area contributed by atoms with E-state index in [1.807, 2.05) is 0 Å². The van der Waals surface area contributed by atoms with Crippen molar-refractivity contribution < 1.29 is 13.9 Å². The first-order valence-electron chi connectivity index (χ1n) is 7.27. The minimum absolute atomic E-state index is 0.147. The highest BCUT2D eigenvalue weighted by atomic mass is 19.1. The molecule has 2 heterocycles. The maximum absolute atomic E-state index is 12.9. The Morgan fingerprint density at radius 3 is 2.91 bits per heavy atom. The zero-order valence-electron chi connectivity index (χ0n) is 12.4. The number of nitrogens with zero attached hydrogens (tertiary/aromatic N) is 2. The molecule has 0 aliphatic carbocycles. The second-order valence-electron chi connectivity index (χ2n) is 5.69. The topological polar surface area (TPSA) is 56.2 Å². The summed E-state index contributed by atoms with van der Waals surface area (Å²) in [7, 11) is 0. The third-order valence-corrected chi connectivity index (χ3v) is 3.85. The number of rotatable bonds is 4. The first-order valence-corrected chi connectivity index (χ1v) is 7.27. The van der Waals surface area contributed by atoms with E-state index >= 15 is 0 Å². The van der Waals surface area contributed by atoms with Gasteiger partial charge in [-0.15, -0.1) is 0 Å². The van der Waals surface area contributed by atoms with Gasteiger partial charge in [0.15, 0.2) is 0 Å². The van der Waals surface area contributed by atoms with Crippen LogP contribution in [0, 0.1) is 5.82 Å². The summed E-state index contributed by atoms with van der Waals surface area (Å²) in [6.07, 6.45) is 4.97. The van der Waals surface area contributed by atoms with Crippen molar-refractivity contribution in [3.8, 4) is 0 Å². The summed E-state index contributed by atoms with van der Waals surface area (Å²) in [5.74, 6) is -0.409. The highest BCUT2D eigenvalue weighted by molar-refractivity contribution is 5.97. The smallest absolute Gasteiger partial charge is 0.256 e. The normalized spacial score (nSPS) is 21.0. The van der Waals surface area contributed by atoms with E-state index < -0.39 is 5.60 Å². The van der Waals surface area contributed by atoms with Crippen molar-refractivity contribution in [2.45, 2.75) is 31.9 Å². The number of amides is 1. The van der Waals surface area contributed by atoms with Crippen LogP contribution in [0.2, 0.25) is 0 Å². The van der Waals surface area contributed by atoms with Gasteiger partial charge in [-0.05, 0) is 37.5 Å². The van der Waals surface area contributed by atoms with Crippen molar-refractivity contribution in [2.75, 3.05) is 11.9 Å². The Balaban J connectivity index is 1.63. The number of aromatic nitrogens is 2. The van der Waals surface area contributed by atoms with E-state index in [-0.39, 0.29) is 11.7 Å². The van der Waals surface area contributed by atoms with E-state index in [1.54, 1.807) is 36.1 Å². The lowest BCUT2D eigenvalue weighted by molar-refractivity contribution is -0.133. The maximum atomic E-state index is 12.9. The van der Waals surface area contributed by atoms with Crippen LogP contribution in [0.5, 0.6) is 0 Å². The fourth-order valence-corrected chi connectivity index (χ4v) is 2.51. The highest BCUT2D eigenvalue weighted by Crippen LogP contribution is 2.26. The molecule has 1 aromatic carbocycles. The van der Waals surface area contributed by atoms with Crippen LogP contribution in [0.25, 0.3) is 0 Å². The van der Waals surface area contributed by atoms with Crippen molar-refractivity contribution in [1.29, 1.82) is 0 Å². The second kappa shape index (κ2) is 5.88. The van der Waals surface area contributed by atoms with Crippen molar-refractivity contribution in [2.24, 2.45) is 0 Å². The molecule has 1 amide bonds. The van der Waals surface area contributed by atoms with Gasteiger partial charge in [0.1, 0.15) is 11.4 Å². The van der Waals surface area contributed by atoms with Gasteiger partial charge in [-0.3, -0.25) is 9.48 Å². The molecule has 2 aromatic rings. The first-order chi connectivity index (χ1) is 10.5. The summed E-state index contributed by atoms with van der Waals surface area (Å²) in [6.45, 7) is 2.94. The molecule has 0 radical (unpaired) electrons. The van der Waals surface area contributed by atoms with Crippen molar-refractivity contribution >= 4 is 11.6 Å². The second-order valence-corrected chi connectivity index (χ2v) is 5.69. The summed E-state index contributed by atoms with van der Waals surface area (Å²) in [6, 6.07) is 6.25. The number of carbonyl (C=O) groups is 1. The quantitative estimate of drug-likeness (QED) is 0.944. The number of ether oxygens (including phenoxy) is 1. The molecule has 1 aliphatic heterocycles. The fraction of sp³-hybridized carbons (Fsp3) is 0.375. The largest absolute Gasteiger partial charge is 0.365 e. The van der Waals surface area contributed by atoms with Gasteiger partial charge in [0, 0.05) is 12.8 Å². The average Bonchev–Trinajstić information content (AvgIpc) is 3.12. The van der Waals surface area contributed by atoms with E-state index in [2.05, 4.69) is 10.4 Å². The molecule has 0 saturated carbocycles. The number of benzene rings is 1. The molecule has 1 aliphatic rings. The Bertz CT molecular complexity index is 660. The summed E-state index contributed by atoms with van der Waals surface area (Å²) < 4.78 is 20.1. The molecule has 1 saturated heterocycles. The third-order valence-electron chi connectivity index (χ3n) is 3.85. The highest BCUT2D eigenvalue weighted by Gasteiger charge is 2.37. The van der Waals surface area contributed by atoms with E-state index in [1.165, 1.54) is 12.1 Å². The van der Waals surface area contributed by atoms with Gasteiger partial charge in [-0.1, -0.05) is 12.1 Å². The zero-order chi connectivity index (χ0) is 15.6. The van der Waals surface area contributed by atoms with Crippen LogP contribution < -0.4 is 5.32 Å². The number of halogens is 1. The molecule has 6 heteroatoms.